The van der Waals surface area contributed by atoms with Crippen molar-refractivity contribution in [2.24, 2.45) is 0 Å². The molecule has 0 aliphatic carbocycles. The van der Waals surface area contributed by atoms with Crippen molar-refractivity contribution in [2.75, 3.05) is 13.2 Å². The third-order valence-corrected chi connectivity index (χ3v) is 4.80. The van der Waals surface area contributed by atoms with Crippen LogP contribution in [0.25, 0.3) is 11.1 Å². The Balaban J connectivity index is 0.000000349. The van der Waals surface area contributed by atoms with Crippen LogP contribution in [0.4, 0.5) is 0 Å². The van der Waals surface area contributed by atoms with E-state index in [2.05, 4.69) is 77.6 Å². The fourth-order valence-corrected chi connectivity index (χ4v) is 3.31. The van der Waals surface area contributed by atoms with Gasteiger partial charge in [0.2, 0.25) is 0 Å². The Hall–Kier alpha value is -3.35. The molecule has 4 N–H and O–H groups in total. The third kappa shape index (κ3) is 9.25. The van der Waals surface area contributed by atoms with E-state index in [1.165, 1.54) is 23.5 Å². The van der Waals surface area contributed by atoms with E-state index in [4.69, 9.17) is 9.84 Å². The molecule has 1 fully saturated rings. The predicted octanol–water partition coefficient (Wildman–Crippen LogP) is 4.72. The van der Waals surface area contributed by atoms with Crippen molar-refractivity contribution in [2.45, 2.75) is 45.9 Å². The second-order valence-corrected chi connectivity index (χ2v) is 7.48. The number of ether oxygens (including phenoxy) is 1. The summed E-state index contributed by atoms with van der Waals surface area (Å²) in [5.74, 6) is -0.235. The van der Waals surface area contributed by atoms with Crippen LogP contribution in [0.2, 0.25) is 0 Å². The molecule has 0 radical (unpaired) electrons. The fraction of sp³-hybridized carbons (Fsp3) is 0.321. The lowest BCUT2D eigenvalue weighted by molar-refractivity contribution is -0.219. The van der Waals surface area contributed by atoms with Crippen LogP contribution in [-0.2, 0) is 9.53 Å². The second kappa shape index (κ2) is 15.5. The summed E-state index contributed by atoms with van der Waals surface area (Å²) in [5.41, 5.74) is 2.77. The van der Waals surface area contributed by atoms with Crippen LogP contribution in [-0.4, -0.2) is 36.0 Å². The maximum Gasteiger partial charge on any atom is 0.254 e. The van der Waals surface area contributed by atoms with Gasteiger partial charge in [-0.1, -0.05) is 87.7 Å². The van der Waals surface area contributed by atoms with Crippen LogP contribution in [0.15, 0.2) is 97.5 Å². The number of hydrogen-bond donors (Lipinski definition) is 4. The summed E-state index contributed by atoms with van der Waals surface area (Å²) in [6, 6.07) is 20.8. The SMILES string of the molecule is C=CN/C=C(\C(=C)NC1(C)CC(CO)O1)C(=O)NCC.CC.c1ccc(-c2ccccc2)cc1. The molecule has 6 nitrogen and oxygen atoms in total. The molecular formula is C28H39N3O3. The normalized spacial score (nSPS) is 18.5. The number of likely N-dealkylation sites (N-methyl/N-ethyl adjacent to an activating group) is 1. The van der Waals surface area contributed by atoms with Crippen molar-refractivity contribution in [1.29, 1.82) is 0 Å². The molecule has 34 heavy (non-hydrogen) atoms. The second-order valence-electron chi connectivity index (χ2n) is 7.48. The Morgan fingerprint density at radius 1 is 1.12 bits per heavy atom. The molecule has 1 aliphatic rings. The molecule has 0 spiro atoms. The lowest BCUT2D eigenvalue weighted by Gasteiger charge is -2.46. The Bertz CT molecular complexity index is 868. The number of carbonyl (C=O) groups is 1. The summed E-state index contributed by atoms with van der Waals surface area (Å²) in [5, 5.41) is 17.5. The van der Waals surface area contributed by atoms with Gasteiger partial charge < -0.3 is 25.8 Å². The monoisotopic (exact) mass is 465 g/mol. The molecule has 2 unspecified atom stereocenters. The average Bonchev–Trinajstić information content (AvgIpc) is 2.85. The molecule has 1 aliphatic heterocycles. The largest absolute Gasteiger partial charge is 0.394 e. The van der Waals surface area contributed by atoms with Gasteiger partial charge in [0.05, 0.1) is 18.3 Å². The van der Waals surface area contributed by atoms with Gasteiger partial charge in [0.25, 0.3) is 5.91 Å². The highest BCUT2D eigenvalue weighted by Gasteiger charge is 2.41. The van der Waals surface area contributed by atoms with Crippen molar-refractivity contribution in [3.63, 3.8) is 0 Å². The first kappa shape index (κ1) is 28.7. The van der Waals surface area contributed by atoms with Gasteiger partial charge in [0, 0.05) is 24.9 Å². The number of rotatable bonds is 9. The van der Waals surface area contributed by atoms with Gasteiger partial charge in [-0.3, -0.25) is 4.79 Å². The summed E-state index contributed by atoms with van der Waals surface area (Å²) >= 11 is 0. The predicted molar refractivity (Wildman–Crippen MR) is 141 cm³/mol. The fourth-order valence-electron chi connectivity index (χ4n) is 3.31. The molecule has 2 aromatic rings. The summed E-state index contributed by atoms with van der Waals surface area (Å²) in [6.07, 6.45) is 3.48. The first-order valence-electron chi connectivity index (χ1n) is 11.6. The Morgan fingerprint density at radius 2 is 1.62 bits per heavy atom. The van der Waals surface area contributed by atoms with Gasteiger partial charge >= 0.3 is 0 Å². The molecule has 1 amide bonds. The minimum atomic E-state index is -0.607. The first-order chi connectivity index (χ1) is 16.4. The molecule has 1 heterocycles. The average molecular weight is 466 g/mol. The molecule has 1 saturated heterocycles. The lowest BCUT2D eigenvalue weighted by Crippen LogP contribution is -2.59. The zero-order valence-corrected chi connectivity index (χ0v) is 20.8. The maximum atomic E-state index is 12.0. The Morgan fingerprint density at radius 3 is 2.03 bits per heavy atom. The zero-order chi connectivity index (χ0) is 25.4. The van der Waals surface area contributed by atoms with E-state index in [9.17, 15) is 4.79 Å². The molecule has 2 aromatic carbocycles. The summed E-state index contributed by atoms with van der Waals surface area (Å²) in [7, 11) is 0. The first-order valence-corrected chi connectivity index (χ1v) is 11.6. The number of hydrogen-bond acceptors (Lipinski definition) is 5. The minimum absolute atomic E-state index is 0.0131. The van der Waals surface area contributed by atoms with E-state index in [1.807, 2.05) is 39.8 Å². The van der Waals surface area contributed by atoms with Crippen LogP contribution in [0.5, 0.6) is 0 Å². The molecule has 6 heteroatoms. The van der Waals surface area contributed by atoms with Gasteiger partial charge in [-0.25, -0.2) is 0 Å². The van der Waals surface area contributed by atoms with Crippen molar-refractivity contribution < 1.29 is 14.6 Å². The highest BCUT2D eigenvalue weighted by Crippen LogP contribution is 2.31. The van der Waals surface area contributed by atoms with Gasteiger partial charge in [0.1, 0.15) is 5.72 Å². The highest BCUT2D eigenvalue weighted by molar-refractivity contribution is 5.97. The van der Waals surface area contributed by atoms with Crippen LogP contribution >= 0.6 is 0 Å². The van der Waals surface area contributed by atoms with Gasteiger partial charge in [-0.2, -0.15) is 0 Å². The number of benzene rings is 2. The van der Waals surface area contributed by atoms with E-state index < -0.39 is 5.72 Å². The molecule has 0 bridgehead atoms. The molecule has 0 aromatic heterocycles. The van der Waals surface area contributed by atoms with Gasteiger partial charge in [-0.05, 0) is 31.2 Å². The van der Waals surface area contributed by atoms with Gasteiger partial charge in [-0.15, -0.1) is 0 Å². The third-order valence-electron chi connectivity index (χ3n) is 4.80. The number of aliphatic hydroxyl groups is 1. The Labute approximate surface area is 204 Å². The molecular weight excluding hydrogens is 426 g/mol. The minimum Gasteiger partial charge on any atom is -0.394 e. The van der Waals surface area contributed by atoms with Crippen molar-refractivity contribution >= 4 is 5.91 Å². The van der Waals surface area contributed by atoms with Crippen LogP contribution in [0.1, 0.15) is 34.1 Å². The van der Waals surface area contributed by atoms with Crippen LogP contribution in [0, 0.1) is 0 Å². The maximum absolute atomic E-state index is 12.0. The molecule has 3 rings (SSSR count). The summed E-state index contributed by atoms with van der Waals surface area (Å²) in [4.78, 5) is 12.0. The zero-order valence-electron chi connectivity index (χ0n) is 20.8. The topological polar surface area (TPSA) is 82.6 Å². The smallest absolute Gasteiger partial charge is 0.254 e. The molecule has 184 valence electrons. The number of carbonyl (C=O) groups excluding carboxylic acids is 1. The van der Waals surface area contributed by atoms with E-state index in [-0.39, 0.29) is 18.6 Å². The molecule has 2 atom stereocenters. The van der Waals surface area contributed by atoms with E-state index >= 15 is 0 Å². The summed E-state index contributed by atoms with van der Waals surface area (Å²) < 4.78 is 5.52. The highest BCUT2D eigenvalue weighted by atomic mass is 16.6. The standard InChI is InChI=1S/C14H23N3O3.C12H10.C2H6/c1-5-15-8-12(13(19)16-6-2)10(3)17-14(4)7-11(9-18)20-14;1-3-7-11(8-4-1)12-9-5-2-6-10-12;1-2/h5,8,11,15,17-18H,1,3,6-7,9H2,2,4H3,(H,16,19);1-10H;1-2H3/b12-8+;;. The van der Waals surface area contributed by atoms with Crippen LogP contribution in [0.3, 0.4) is 0 Å². The van der Waals surface area contributed by atoms with Crippen molar-refractivity contribution in [1.82, 2.24) is 16.0 Å². The van der Waals surface area contributed by atoms with Crippen molar-refractivity contribution in [3.05, 3.63) is 97.5 Å². The summed E-state index contributed by atoms with van der Waals surface area (Å²) in [6.45, 7) is 15.6. The molecule has 0 saturated carbocycles. The van der Waals surface area contributed by atoms with E-state index in [0.717, 1.165) is 0 Å². The Kier molecular flexibility index (Phi) is 13.1. The number of amides is 1. The van der Waals surface area contributed by atoms with Crippen LogP contribution < -0.4 is 16.0 Å². The quantitative estimate of drug-likeness (QED) is 0.318. The van der Waals surface area contributed by atoms with E-state index in [0.29, 0.717) is 24.2 Å². The number of nitrogens with one attached hydrogen (secondary N) is 3. The lowest BCUT2D eigenvalue weighted by atomic mass is 9.99. The van der Waals surface area contributed by atoms with Crippen molar-refractivity contribution in [3.8, 4) is 11.1 Å². The van der Waals surface area contributed by atoms with Gasteiger partial charge in [0.15, 0.2) is 0 Å². The number of aliphatic hydroxyl groups excluding tert-OH is 1. The van der Waals surface area contributed by atoms with E-state index in [1.54, 1.807) is 0 Å².